The summed E-state index contributed by atoms with van der Waals surface area (Å²) >= 11 is 0. The fraction of sp³-hybridized carbons (Fsp3) is 0.292. The SMILES string of the molecule is CCn1c(=O)c(-c2noc(C(=O)N3CCN(c4ccccn4)CC3)n2)nn(-c2ccc(C)cc2)c1=O. The zero-order valence-corrected chi connectivity index (χ0v) is 19.9. The minimum atomic E-state index is -0.658. The van der Waals surface area contributed by atoms with Gasteiger partial charge in [-0.15, -0.1) is 0 Å². The molecule has 0 spiro atoms. The van der Waals surface area contributed by atoms with Crippen LogP contribution in [0.1, 0.15) is 23.2 Å². The number of nitrogens with zero attached hydrogens (tertiary/aromatic N) is 8. The van der Waals surface area contributed by atoms with Gasteiger partial charge in [-0.1, -0.05) is 28.9 Å². The molecule has 1 aromatic carbocycles. The number of benzene rings is 1. The maximum absolute atomic E-state index is 13.0. The number of pyridine rings is 1. The fourth-order valence-corrected chi connectivity index (χ4v) is 4.01. The van der Waals surface area contributed by atoms with Crippen LogP contribution >= 0.6 is 0 Å². The highest BCUT2D eigenvalue weighted by molar-refractivity contribution is 5.90. The largest absolute Gasteiger partial charge is 0.353 e. The van der Waals surface area contributed by atoms with Crippen LogP contribution in [-0.2, 0) is 6.54 Å². The molecule has 1 aliphatic rings. The minimum Gasteiger partial charge on any atom is -0.353 e. The van der Waals surface area contributed by atoms with Crippen LogP contribution in [0, 0.1) is 6.92 Å². The van der Waals surface area contributed by atoms with Crippen LogP contribution in [0.4, 0.5) is 5.82 Å². The first kappa shape index (κ1) is 23.1. The predicted octanol–water partition coefficient (Wildman–Crippen LogP) is 1.13. The Hall–Kier alpha value is -4.61. The van der Waals surface area contributed by atoms with Crippen molar-refractivity contribution in [3.8, 4) is 17.2 Å². The fourth-order valence-electron chi connectivity index (χ4n) is 4.01. The van der Waals surface area contributed by atoms with Crippen molar-refractivity contribution in [3.05, 3.63) is 81.0 Å². The van der Waals surface area contributed by atoms with Gasteiger partial charge in [-0.3, -0.25) is 14.2 Å². The van der Waals surface area contributed by atoms with Gasteiger partial charge in [-0.2, -0.15) is 14.8 Å². The number of anilines is 1. The maximum Gasteiger partial charge on any atom is 0.352 e. The van der Waals surface area contributed by atoms with Gasteiger partial charge in [0.2, 0.25) is 5.82 Å². The standard InChI is InChI=1S/C24H24N8O4/c1-3-31-22(33)19(27-32(24(31)35)17-9-7-16(2)8-10-17)20-26-21(36-28-20)23(34)30-14-12-29(13-15-30)18-6-4-5-11-25-18/h4-11H,3,12-15H2,1-2H3. The van der Waals surface area contributed by atoms with E-state index in [-0.39, 0.29) is 24.0 Å². The molecular formula is C24H24N8O4. The first-order valence-corrected chi connectivity index (χ1v) is 11.6. The number of hydrogen-bond donors (Lipinski definition) is 0. The first-order chi connectivity index (χ1) is 17.5. The lowest BCUT2D eigenvalue weighted by molar-refractivity contribution is 0.0696. The summed E-state index contributed by atoms with van der Waals surface area (Å²) in [5.74, 6) is 0.0240. The second-order valence-electron chi connectivity index (χ2n) is 8.32. The third kappa shape index (κ3) is 4.28. The molecule has 12 nitrogen and oxygen atoms in total. The number of rotatable bonds is 5. The topological polar surface area (TPSA) is 132 Å². The minimum absolute atomic E-state index is 0.128. The molecule has 1 aliphatic heterocycles. The molecule has 4 aromatic rings. The number of amides is 1. The lowest BCUT2D eigenvalue weighted by atomic mass is 10.2. The summed E-state index contributed by atoms with van der Waals surface area (Å²) in [6, 6.07) is 12.8. The molecular weight excluding hydrogens is 464 g/mol. The lowest BCUT2D eigenvalue weighted by Crippen LogP contribution is -2.49. The van der Waals surface area contributed by atoms with E-state index in [2.05, 4.69) is 25.1 Å². The molecule has 0 aliphatic carbocycles. The number of aryl methyl sites for hydroxylation is 1. The summed E-state index contributed by atoms with van der Waals surface area (Å²) in [5.41, 5.74) is 0.0766. The highest BCUT2D eigenvalue weighted by Crippen LogP contribution is 2.16. The zero-order valence-electron chi connectivity index (χ0n) is 19.9. The average Bonchev–Trinajstić information content (AvgIpc) is 3.40. The zero-order chi connectivity index (χ0) is 25.2. The molecule has 4 heterocycles. The molecule has 1 amide bonds. The Kier molecular flexibility index (Phi) is 6.15. The molecule has 12 heteroatoms. The summed E-state index contributed by atoms with van der Waals surface area (Å²) < 4.78 is 7.37. The molecule has 0 N–H and O–H groups in total. The van der Waals surface area contributed by atoms with Crippen molar-refractivity contribution < 1.29 is 9.32 Å². The highest BCUT2D eigenvalue weighted by Gasteiger charge is 2.28. The second kappa shape index (κ2) is 9.56. The van der Waals surface area contributed by atoms with Crippen LogP contribution in [0.15, 0.2) is 62.8 Å². The molecule has 0 radical (unpaired) electrons. The van der Waals surface area contributed by atoms with Crippen LogP contribution < -0.4 is 16.1 Å². The number of hydrogen-bond acceptors (Lipinski definition) is 9. The molecule has 36 heavy (non-hydrogen) atoms. The Labute approximate surface area is 205 Å². The molecule has 0 unspecified atom stereocenters. The van der Waals surface area contributed by atoms with Crippen molar-refractivity contribution in [1.29, 1.82) is 0 Å². The highest BCUT2D eigenvalue weighted by atomic mass is 16.5. The monoisotopic (exact) mass is 488 g/mol. The van der Waals surface area contributed by atoms with Crippen LogP contribution in [-0.4, -0.2) is 66.5 Å². The van der Waals surface area contributed by atoms with Crippen LogP contribution in [0.3, 0.4) is 0 Å². The molecule has 184 valence electrons. The molecule has 5 rings (SSSR count). The first-order valence-electron chi connectivity index (χ1n) is 11.6. The van der Waals surface area contributed by atoms with Crippen LogP contribution in [0.25, 0.3) is 17.2 Å². The van der Waals surface area contributed by atoms with Crippen LogP contribution in [0.5, 0.6) is 0 Å². The quantitative estimate of drug-likeness (QED) is 0.405. The van der Waals surface area contributed by atoms with E-state index in [1.165, 1.54) is 0 Å². The Morgan fingerprint density at radius 3 is 2.44 bits per heavy atom. The smallest absolute Gasteiger partial charge is 0.352 e. The van der Waals surface area contributed by atoms with E-state index < -0.39 is 17.2 Å². The number of carbonyl (C=O) groups is 1. The Morgan fingerprint density at radius 2 is 1.78 bits per heavy atom. The van der Waals surface area contributed by atoms with Crippen molar-refractivity contribution in [1.82, 2.24) is 34.4 Å². The van der Waals surface area contributed by atoms with E-state index in [9.17, 15) is 14.4 Å². The summed E-state index contributed by atoms with van der Waals surface area (Å²) in [7, 11) is 0. The van der Waals surface area contributed by atoms with Gasteiger partial charge < -0.3 is 14.3 Å². The van der Waals surface area contributed by atoms with Gasteiger partial charge >= 0.3 is 17.5 Å². The lowest BCUT2D eigenvalue weighted by Gasteiger charge is -2.34. The molecule has 0 bridgehead atoms. The Balaban J connectivity index is 1.41. The van der Waals surface area contributed by atoms with Crippen molar-refractivity contribution >= 4 is 11.7 Å². The average molecular weight is 489 g/mol. The van der Waals surface area contributed by atoms with E-state index in [1.54, 1.807) is 30.2 Å². The van der Waals surface area contributed by atoms with Crippen molar-refractivity contribution in [2.45, 2.75) is 20.4 Å². The van der Waals surface area contributed by atoms with Gasteiger partial charge in [-0.25, -0.2) is 9.78 Å². The normalized spacial score (nSPS) is 13.7. The predicted molar refractivity (Wildman–Crippen MR) is 130 cm³/mol. The summed E-state index contributed by atoms with van der Waals surface area (Å²) in [5, 5.41) is 8.06. The summed E-state index contributed by atoms with van der Waals surface area (Å²) in [6.45, 7) is 5.85. The second-order valence-corrected chi connectivity index (χ2v) is 8.32. The summed E-state index contributed by atoms with van der Waals surface area (Å²) in [4.78, 5) is 51.1. The van der Waals surface area contributed by atoms with Gasteiger partial charge in [0.05, 0.1) is 5.69 Å². The van der Waals surface area contributed by atoms with E-state index in [1.807, 2.05) is 37.3 Å². The molecule has 1 fully saturated rings. The molecule has 0 saturated carbocycles. The Morgan fingerprint density at radius 1 is 1.03 bits per heavy atom. The number of carbonyl (C=O) groups excluding carboxylic acids is 1. The van der Waals surface area contributed by atoms with Gasteiger partial charge in [0.15, 0.2) is 5.69 Å². The van der Waals surface area contributed by atoms with Crippen molar-refractivity contribution in [2.24, 2.45) is 0 Å². The maximum atomic E-state index is 13.0. The van der Waals surface area contributed by atoms with E-state index in [0.29, 0.717) is 31.9 Å². The van der Waals surface area contributed by atoms with Crippen molar-refractivity contribution in [3.63, 3.8) is 0 Å². The third-order valence-corrected chi connectivity index (χ3v) is 6.02. The van der Waals surface area contributed by atoms with E-state index in [4.69, 9.17) is 4.52 Å². The van der Waals surface area contributed by atoms with Gasteiger partial charge in [0.1, 0.15) is 5.82 Å². The van der Waals surface area contributed by atoms with Crippen LogP contribution in [0.2, 0.25) is 0 Å². The number of aromatic nitrogens is 6. The van der Waals surface area contributed by atoms with Gasteiger partial charge in [0.25, 0.3) is 5.56 Å². The number of piperazine rings is 1. The van der Waals surface area contributed by atoms with Gasteiger partial charge in [0, 0.05) is 38.9 Å². The third-order valence-electron chi connectivity index (χ3n) is 6.02. The molecule has 1 saturated heterocycles. The summed E-state index contributed by atoms with van der Waals surface area (Å²) in [6.07, 6.45) is 1.73. The molecule has 3 aromatic heterocycles. The molecule has 0 atom stereocenters. The van der Waals surface area contributed by atoms with E-state index in [0.717, 1.165) is 20.6 Å². The van der Waals surface area contributed by atoms with Crippen molar-refractivity contribution in [2.75, 3.05) is 31.1 Å². The Bertz CT molecular complexity index is 1500. The van der Waals surface area contributed by atoms with Gasteiger partial charge in [-0.05, 0) is 38.1 Å². The van der Waals surface area contributed by atoms with E-state index >= 15 is 0 Å².